The highest BCUT2D eigenvalue weighted by molar-refractivity contribution is 6.15. The summed E-state index contributed by atoms with van der Waals surface area (Å²) in [5, 5.41) is 10.1. The smallest absolute Gasteiger partial charge is 0.254 e. The SMILES string of the molecule is O=C1CC(=Cc2cnn3c(NC4CC4)nc(N4CCCOCC4)nc23)C(=O)N1. The van der Waals surface area contributed by atoms with Crippen molar-refractivity contribution in [3.8, 4) is 0 Å². The number of nitrogens with one attached hydrogen (secondary N) is 2. The van der Waals surface area contributed by atoms with Gasteiger partial charge in [-0.2, -0.15) is 19.6 Å². The van der Waals surface area contributed by atoms with Crippen LogP contribution in [0.15, 0.2) is 11.8 Å². The third-order valence-corrected chi connectivity index (χ3v) is 5.02. The van der Waals surface area contributed by atoms with Crippen LogP contribution in [0.25, 0.3) is 11.7 Å². The highest BCUT2D eigenvalue weighted by Crippen LogP contribution is 2.27. The summed E-state index contributed by atoms with van der Waals surface area (Å²) in [4.78, 5) is 35.0. The summed E-state index contributed by atoms with van der Waals surface area (Å²) in [6.07, 6.45) is 6.55. The van der Waals surface area contributed by atoms with Gasteiger partial charge in [0.15, 0.2) is 5.65 Å². The zero-order valence-electron chi connectivity index (χ0n) is 15.3. The minimum Gasteiger partial charge on any atom is -0.380 e. The fourth-order valence-corrected chi connectivity index (χ4v) is 3.38. The van der Waals surface area contributed by atoms with Crippen LogP contribution in [0.3, 0.4) is 0 Å². The molecule has 0 bridgehead atoms. The van der Waals surface area contributed by atoms with E-state index >= 15 is 0 Å². The van der Waals surface area contributed by atoms with E-state index in [4.69, 9.17) is 14.7 Å². The number of hydrogen-bond acceptors (Lipinski definition) is 8. The monoisotopic (exact) mass is 383 g/mol. The van der Waals surface area contributed by atoms with E-state index in [1.807, 2.05) is 0 Å². The maximum atomic E-state index is 11.9. The number of carbonyl (C=O) groups excluding carboxylic acids is 2. The largest absolute Gasteiger partial charge is 0.380 e. The van der Waals surface area contributed by atoms with Crippen LogP contribution in [0.2, 0.25) is 0 Å². The highest BCUT2D eigenvalue weighted by Gasteiger charge is 2.27. The lowest BCUT2D eigenvalue weighted by Gasteiger charge is -2.20. The number of carbonyl (C=O) groups is 2. The Bertz CT molecular complexity index is 971. The quantitative estimate of drug-likeness (QED) is 0.575. The van der Waals surface area contributed by atoms with Crippen LogP contribution in [-0.2, 0) is 14.3 Å². The topological polar surface area (TPSA) is 114 Å². The number of anilines is 2. The lowest BCUT2D eigenvalue weighted by atomic mass is 10.1. The Kier molecular flexibility index (Phi) is 4.19. The van der Waals surface area contributed by atoms with Gasteiger partial charge in [-0.05, 0) is 25.3 Å². The van der Waals surface area contributed by atoms with E-state index in [2.05, 4.69) is 20.6 Å². The lowest BCUT2D eigenvalue weighted by Crippen LogP contribution is -2.28. The molecule has 2 N–H and O–H groups in total. The fourth-order valence-electron chi connectivity index (χ4n) is 3.38. The average molecular weight is 383 g/mol. The van der Waals surface area contributed by atoms with E-state index in [9.17, 15) is 9.59 Å². The van der Waals surface area contributed by atoms with Gasteiger partial charge in [-0.3, -0.25) is 14.9 Å². The summed E-state index contributed by atoms with van der Waals surface area (Å²) in [7, 11) is 0. The number of ether oxygens (including phenoxy) is 1. The average Bonchev–Trinajstić information content (AvgIpc) is 3.39. The molecule has 28 heavy (non-hydrogen) atoms. The molecule has 10 heteroatoms. The third kappa shape index (κ3) is 3.31. The van der Waals surface area contributed by atoms with Crippen molar-refractivity contribution in [2.75, 3.05) is 36.5 Å². The lowest BCUT2D eigenvalue weighted by molar-refractivity contribution is -0.124. The number of fused-ring (bicyclic) bond motifs is 1. The maximum Gasteiger partial charge on any atom is 0.254 e. The van der Waals surface area contributed by atoms with E-state index in [0.29, 0.717) is 41.3 Å². The number of rotatable bonds is 4. The van der Waals surface area contributed by atoms with Crippen molar-refractivity contribution in [2.45, 2.75) is 31.7 Å². The first kappa shape index (κ1) is 17.1. The standard InChI is InChI=1S/C18H21N7O3/c26-14-9-11(16(27)21-14)8-12-10-19-25-15(12)22-17(23-18(25)20-13-2-3-13)24-4-1-6-28-7-5-24/h8,10,13H,1-7,9H2,(H,20,22,23)(H,21,26,27). The van der Waals surface area contributed by atoms with E-state index in [1.54, 1.807) is 16.8 Å². The molecule has 0 spiro atoms. The summed E-state index contributed by atoms with van der Waals surface area (Å²) in [6.45, 7) is 2.92. The van der Waals surface area contributed by atoms with Gasteiger partial charge >= 0.3 is 0 Å². The molecular formula is C18H21N7O3. The molecule has 0 radical (unpaired) electrons. The van der Waals surface area contributed by atoms with Gasteiger partial charge in [0.25, 0.3) is 5.91 Å². The summed E-state index contributed by atoms with van der Waals surface area (Å²) in [5.41, 5.74) is 1.71. The van der Waals surface area contributed by atoms with E-state index < -0.39 is 0 Å². The van der Waals surface area contributed by atoms with Crippen molar-refractivity contribution in [2.24, 2.45) is 0 Å². The predicted molar refractivity (Wildman–Crippen MR) is 101 cm³/mol. The molecule has 2 amide bonds. The second kappa shape index (κ2) is 6.86. The van der Waals surface area contributed by atoms with Crippen molar-refractivity contribution >= 4 is 35.4 Å². The van der Waals surface area contributed by atoms with Crippen LogP contribution in [-0.4, -0.2) is 63.7 Å². The molecule has 0 aromatic carbocycles. The Labute approximate surface area is 161 Å². The molecule has 2 saturated heterocycles. The Morgan fingerprint density at radius 3 is 2.89 bits per heavy atom. The fraction of sp³-hybridized carbons (Fsp3) is 0.500. The van der Waals surface area contributed by atoms with Crippen molar-refractivity contribution in [1.82, 2.24) is 24.9 Å². The molecule has 3 fully saturated rings. The van der Waals surface area contributed by atoms with Crippen LogP contribution in [0.4, 0.5) is 11.9 Å². The Morgan fingerprint density at radius 2 is 2.11 bits per heavy atom. The summed E-state index contributed by atoms with van der Waals surface area (Å²) >= 11 is 0. The first-order valence-corrected chi connectivity index (χ1v) is 9.57. The van der Waals surface area contributed by atoms with Crippen molar-refractivity contribution in [1.29, 1.82) is 0 Å². The molecule has 1 saturated carbocycles. The minimum atomic E-state index is -0.361. The van der Waals surface area contributed by atoms with Gasteiger partial charge < -0.3 is 15.0 Å². The first-order valence-electron chi connectivity index (χ1n) is 9.57. The van der Waals surface area contributed by atoms with Gasteiger partial charge in [0.2, 0.25) is 17.8 Å². The zero-order chi connectivity index (χ0) is 19.1. The zero-order valence-corrected chi connectivity index (χ0v) is 15.3. The summed E-state index contributed by atoms with van der Waals surface area (Å²) < 4.78 is 7.21. The van der Waals surface area contributed by atoms with Gasteiger partial charge in [-0.25, -0.2) is 0 Å². The molecule has 0 atom stereocenters. The predicted octanol–water partition coefficient (Wildman–Crippen LogP) is 0.355. The number of aromatic nitrogens is 4. The van der Waals surface area contributed by atoms with Crippen molar-refractivity contribution in [3.63, 3.8) is 0 Å². The van der Waals surface area contributed by atoms with Gasteiger partial charge in [-0.15, -0.1) is 0 Å². The van der Waals surface area contributed by atoms with Gasteiger partial charge in [0, 0.05) is 36.9 Å². The number of hydrogen-bond donors (Lipinski definition) is 2. The van der Waals surface area contributed by atoms with E-state index in [1.165, 1.54) is 0 Å². The third-order valence-electron chi connectivity index (χ3n) is 5.02. The maximum absolute atomic E-state index is 11.9. The molecular weight excluding hydrogens is 362 g/mol. The van der Waals surface area contributed by atoms with Crippen molar-refractivity contribution in [3.05, 3.63) is 17.3 Å². The minimum absolute atomic E-state index is 0.0742. The van der Waals surface area contributed by atoms with Crippen LogP contribution in [0.1, 0.15) is 31.2 Å². The number of imide groups is 1. The summed E-state index contributed by atoms with van der Waals surface area (Å²) in [6, 6.07) is 0.405. The van der Waals surface area contributed by atoms with Crippen LogP contribution < -0.4 is 15.5 Å². The molecule has 0 unspecified atom stereocenters. The molecule has 10 nitrogen and oxygen atoms in total. The Morgan fingerprint density at radius 1 is 1.21 bits per heavy atom. The Balaban J connectivity index is 1.58. The molecule has 3 aliphatic rings. The number of amides is 2. The van der Waals surface area contributed by atoms with Crippen LogP contribution in [0.5, 0.6) is 0 Å². The van der Waals surface area contributed by atoms with Crippen LogP contribution >= 0.6 is 0 Å². The molecule has 146 valence electrons. The van der Waals surface area contributed by atoms with E-state index in [0.717, 1.165) is 39.0 Å². The molecule has 1 aliphatic carbocycles. The number of nitrogens with zero attached hydrogens (tertiary/aromatic N) is 5. The van der Waals surface area contributed by atoms with E-state index in [-0.39, 0.29) is 18.2 Å². The summed E-state index contributed by atoms with van der Waals surface area (Å²) in [5.74, 6) is 0.612. The van der Waals surface area contributed by atoms with Gasteiger partial charge in [0.1, 0.15) is 0 Å². The highest BCUT2D eigenvalue weighted by atomic mass is 16.5. The Hall–Kier alpha value is -3.01. The molecule has 2 aliphatic heterocycles. The molecule has 5 rings (SSSR count). The molecule has 2 aromatic rings. The van der Waals surface area contributed by atoms with Gasteiger partial charge in [-0.1, -0.05) is 0 Å². The molecule has 2 aromatic heterocycles. The second-order valence-corrected chi connectivity index (χ2v) is 7.28. The normalized spacial score (nSPS) is 22.0. The first-order chi connectivity index (χ1) is 13.7. The second-order valence-electron chi connectivity index (χ2n) is 7.28. The van der Waals surface area contributed by atoms with Crippen molar-refractivity contribution < 1.29 is 14.3 Å². The van der Waals surface area contributed by atoms with Gasteiger partial charge in [0.05, 0.1) is 19.2 Å². The van der Waals surface area contributed by atoms with Crippen LogP contribution in [0, 0.1) is 0 Å². The molecule has 4 heterocycles.